The normalized spacial score (nSPS) is 16.1. The Balaban J connectivity index is 1.67. The van der Waals surface area contributed by atoms with Gasteiger partial charge in [0.1, 0.15) is 18.5 Å². The first kappa shape index (κ1) is 26.7. The maximum atomic E-state index is 12.3. The minimum atomic E-state index is -0.620. The molecule has 1 aromatic carbocycles. The Bertz CT molecular complexity index is 971. The number of imidazole rings is 1. The van der Waals surface area contributed by atoms with Crippen LogP contribution in [0.2, 0.25) is 0 Å². The second-order valence-corrected chi connectivity index (χ2v) is 10.0. The second kappa shape index (κ2) is 12.1. The van der Waals surface area contributed by atoms with Crippen molar-refractivity contribution in [1.82, 2.24) is 20.6 Å². The van der Waals surface area contributed by atoms with Crippen LogP contribution in [-0.4, -0.2) is 65.3 Å². The third-order valence-corrected chi connectivity index (χ3v) is 5.61. The van der Waals surface area contributed by atoms with Crippen LogP contribution in [0, 0.1) is 0 Å². The average Bonchev–Trinajstić information content (AvgIpc) is 3.30. The molecule has 1 aromatic heterocycles. The number of nitrogens with two attached hydrogens (primary N) is 1. The Morgan fingerprint density at radius 3 is 2.74 bits per heavy atom. The lowest BCUT2D eigenvalue weighted by molar-refractivity contribution is -0.123. The van der Waals surface area contributed by atoms with Crippen LogP contribution >= 0.6 is 0 Å². The number of nitrogens with zero attached hydrogens (tertiary/aromatic N) is 1. The highest BCUT2D eigenvalue weighted by molar-refractivity contribution is 5.94. The van der Waals surface area contributed by atoms with E-state index in [2.05, 4.69) is 46.7 Å². The van der Waals surface area contributed by atoms with Crippen LogP contribution in [0.4, 0.5) is 5.69 Å². The number of hydrogen-bond donors (Lipinski definition) is 5. The van der Waals surface area contributed by atoms with E-state index in [0.717, 1.165) is 22.7 Å². The average molecular weight is 487 g/mol. The molecule has 0 fully saturated rings. The monoisotopic (exact) mass is 486 g/mol. The lowest BCUT2D eigenvalue weighted by Crippen LogP contribution is -2.49. The molecule has 192 valence electrons. The molecule has 0 saturated heterocycles. The molecule has 0 bridgehead atoms. The van der Waals surface area contributed by atoms with Crippen molar-refractivity contribution in [3.8, 4) is 5.75 Å². The summed E-state index contributed by atoms with van der Waals surface area (Å²) in [5.74, 6) is 0.519. The maximum absolute atomic E-state index is 12.3. The van der Waals surface area contributed by atoms with Crippen molar-refractivity contribution >= 4 is 17.5 Å². The van der Waals surface area contributed by atoms with Gasteiger partial charge in [0, 0.05) is 48.1 Å². The zero-order chi connectivity index (χ0) is 25.4. The minimum Gasteiger partial charge on any atom is -0.490 e. The first-order valence-corrected chi connectivity index (χ1v) is 12.0. The summed E-state index contributed by atoms with van der Waals surface area (Å²) >= 11 is 0. The van der Waals surface area contributed by atoms with Gasteiger partial charge in [-0.2, -0.15) is 0 Å². The number of carbonyl (C=O) groups excluding carboxylic acids is 2. The number of amides is 2. The molecule has 2 heterocycles. The molecular weight excluding hydrogens is 448 g/mol. The molecule has 0 radical (unpaired) electrons. The molecule has 3 unspecified atom stereocenters. The van der Waals surface area contributed by atoms with Gasteiger partial charge in [-0.25, -0.2) is 4.98 Å². The quantitative estimate of drug-likeness (QED) is 0.306. The number of benzene rings is 1. The summed E-state index contributed by atoms with van der Waals surface area (Å²) < 4.78 is 12.4. The smallest absolute Gasteiger partial charge is 0.236 e. The van der Waals surface area contributed by atoms with Gasteiger partial charge in [0.15, 0.2) is 0 Å². The number of nitrogens with one attached hydrogen (secondary N) is 4. The van der Waals surface area contributed by atoms with Gasteiger partial charge >= 0.3 is 0 Å². The van der Waals surface area contributed by atoms with E-state index < -0.39 is 6.04 Å². The lowest BCUT2D eigenvalue weighted by Gasteiger charge is -2.28. The van der Waals surface area contributed by atoms with Crippen LogP contribution < -0.4 is 26.4 Å². The van der Waals surface area contributed by atoms with E-state index in [4.69, 9.17) is 15.2 Å². The number of carbonyl (C=O) groups is 2. The molecule has 0 saturated carbocycles. The first-order chi connectivity index (χ1) is 16.6. The van der Waals surface area contributed by atoms with Crippen molar-refractivity contribution in [3.63, 3.8) is 0 Å². The molecule has 0 aliphatic carbocycles. The summed E-state index contributed by atoms with van der Waals surface area (Å²) in [6.07, 6.45) is 4.66. The minimum absolute atomic E-state index is 0.0161. The molecular formula is C25H38N6O4. The number of hydrogen-bond acceptors (Lipinski definition) is 7. The van der Waals surface area contributed by atoms with Gasteiger partial charge in [-0.3, -0.25) is 9.59 Å². The lowest BCUT2D eigenvalue weighted by atomic mass is 10.0. The van der Waals surface area contributed by atoms with E-state index in [9.17, 15) is 9.59 Å². The molecule has 3 rings (SSSR count). The van der Waals surface area contributed by atoms with E-state index in [1.807, 2.05) is 18.2 Å². The van der Waals surface area contributed by atoms with Crippen LogP contribution in [-0.2, 0) is 27.2 Å². The van der Waals surface area contributed by atoms with Crippen molar-refractivity contribution in [2.75, 3.05) is 25.1 Å². The third kappa shape index (κ3) is 8.65. The van der Waals surface area contributed by atoms with Crippen molar-refractivity contribution in [1.29, 1.82) is 0 Å². The van der Waals surface area contributed by atoms with Crippen molar-refractivity contribution < 1.29 is 19.1 Å². The fourth-order valence-corrected chi connectivity index (χ4v) is 3.69. The van der Waals surface area contributed by atoms with Gasteiger partial charge in [0.05, 0.1) is 25.0 Å². The van der Waals surface area contributed by atoms with E-state index in [-0.39, 0.29) is 36.1 Å². The number of anilines is 1. The van der Waals surface area contributed by atoms with Crippen LogP contribution in [0.1, 0.15) is 45.4 Å². The molecule has 6 N–H and O–H groups in total. The molecule has 0 spiro atoms. The Labute approximate surface area is 206 Å². The summed E-state index contributed by atoms with van der Waals surface area (Å²) in [4.78, 5) is 31.1. The SMILES string of the molecule is CC(N)C(=O)NC(COC(CNC(C)(C)C)COc1cccc2c1CCC(=O)N2)Cc1cnc[nH]1. The molecule has 2 aromatic rings. The predicted molar refractivity (Wildman–Crippen MR) is 134 cm³/mol. The highest BCUT2D eigenvalue weighted by atomic mass is 16.5. The molecule has 2 amide bonds. The zero-order valence-electron chi connectivity index (χ0n) is 21.0. The van der Waals surface area contributed by atoms with Gasteiger partial charge in [0.2, 0.25) is 11.8 Å². The van der Waals surface area contributed by atoms with Crippen LogP contribution in [0.5, 0.6) is 5.75 Å². The van der Waals surface area contributed by atoms with E-state index in [0.29, 0.717) is 32.4 Å². The Morgan fingerprint density at radius 2 is 2.06 bits per heavy atom. The van der Waals surface area contributed by atoms with Crippen molar-refractivity contribution in [3.05, 3.63) is 42.0 Å². The Morgan fingerprint density at radius 1 is 1.26 bits per heavy atom. The molecule has 1 aliphatic rings. The molecule has 10 heteroatoms. The number of fused-ring (bicyclic) bond motifs is 1. The summed E-state index contributed by atoms with van der Waals surface area (Å²) in [5, 5.41) is 9.33. The predicted octanol–water partition coefficient (Wildman–Crippen LogP) is 1.52. The topological polar surface area (TPSA) is 143 Å². The fourth-order valence-electron chi connectivity index (χ4n) is 3.69. The molecule has 1 aliphatic heterocycles. The van der Waals surface area contributed by atoms with Gasteiger partial charge < -0.3 is 36.1 Å². The van der Waals surface area contributed by atoms with Crippen LogP contribution in [0.3, 0.4) is 0 Å². The van der Waals surface area contributed by atoms with Crippen molar-refractivity contribution in [2.45, 2.75) is 70.7 Å². The summed E-state index contributed by atoms with van der Waals surface area (Å²) in [6.45, 7) is 9.07. The maximum Gasteiger partial charge on any atom is 0.236 e. The molecule has 35 heavy (non-hydrogen) atoms. The van der Waals surface area contributed by atoms with E-state index >= 15 is 0 Å². The van der Waals surface area contributed by atoms with Gasteiger partial charge in [-0.1, -0.05) is 6.07 Å². The standard InChI is InChI=1S/C25H38N6O4/c1-16(26)24(33)30-18(10-17-11-27-15-28-17)13-34-19(12-29-25(2,3)4)14-35-22-7-5-6-21-20(22)8-9-23(32)31-21/h5-7,11,15-16,18-19,29H,8-10,12-14,26H2,1-4H3,(H,27,28)(H,30,33)(H,31,32). The third-order valence-electron chi connectivity index (χ3n) is 5.61. The largest absolute Gasteiger partial charge is 0.490 e. The van der Waals surface area contributed by atoms with Crippen LogP contribution in [0.15, 0.2) is 30.7 Å². The number of aromatic amines is 1. The first-order valence-electron chi connectivity index (χ1n) is 12.0. The summed E-state index contributed by atoms with van der Waals surface area (Å²) in [7, 11) is 0. The molecule has 10 nitrogen and oxygen atoms in total. The van der Waals surface area contributed by atoms with Gasteiger partial charge in [0.25, 0.3) is 0 Å². The Hall–Kier alpha value is -2.95. The van der Waals surface area contributed by atoms with Crippen LogP contribution in [0.25, 0.3) is 0 Å². The summed E-state index contributed by atoms with van der Waals surface area (Å²) in [5.41, 5.74) is 8.34. The molecule has 3 atom stereocenters. The fraction of sp³-hybridized carbons (Fsp3) is 0.560. The second-order valence-electron chi connectivity index (χ2n) is 10.0. The van der Waals surface area contributed by atoms with Gasteiger partial charge in [-0.05, 0) is 46.2 Å². The number of rotatable bonds is 12. The summed E-state index contributed by atoms with van der Waals surface area (Å²) in [6, 6.07) is 4.76. The Kier molecular flexibility index (Phi) is 9.25. The highest BCUT2D eigenvalue weighted by Crippen LogP contribution is 2.31. The number of ether oxygens (including phenoxy) is 2. The van der Waals surface area contributed by atoms with E-state index in [1.54, 1.807) is 19.4 Å². The van der Waals surface area contributed by atoms with E-state index in [1.165, 1.54) is 0 Å². The number of aromatic nitrogens is 2. The van der Waals surface area contributed by atoms with Gasteiger partial charge in [-0.15, -0.1) is 0 Å². The van der Waals surface area contributed by atoms with Crippen molar-refractivity contribution in [2.24, 2.45) is 5.73 Å². The highest BCUT2D eigenvalue weighted by Gasteiger charge is 2.23. The zero-order valence-corrected chi connectivity index (χ0v) is 21.0. The number of H-pyrrole nitrogens is 1.